The lowest BCUT2D eigenvalue weighted by Crippen LogP contribution is -2.33. The summed E-state index contributed by atoms with van der Waals surface area (Å²) in [7, 11) is 1.59. The molecule has 0 radical (unpaired) electrons. The van der Waals surface area contributed by atoms with Crippen LogP contribution < -0.4 is 5.32 Å². The van der Waals surface area contributed by atoms with E-state index in [1.165, 1.54) is 11.8 Å². The molecule has 0 aliphatic rings. The molecule has 0 saturated heterocycles. The lowest BCUT2D eigenvalue weighted by atomic mass is 10.3. The van der Waals surface area contributed by atoms with Gasteiger partial charge in [0.05, 0.1) is 12.2 Å². The topological polar surface area (TPSA) is 49.4 Å². The second kappa shape index (κ2) is 5.65. The summed E-state index contributed by atoms with van der Waals surface area (Å²) in [5.74, 6) is -0.355. The van der Waals surface area contributed by atoms with Crippen LogP contribution >= 0.6 is 15.9 Å². The predicted octanol–water partition coefficient (Wildman–Crippen LogP) is 1.87. The normalized spacial score (nSPS) is 9.69. The number of halogens is 1. The summed E-state index contributed by atoms with van der Waals surface area (Å²) in [5.41, 5.74) is 0.699. The van der Waals surface area contributed by atoms with Gasteiger partial charge in [-0.15, -0.1) is 0 Å². The van der Waals surface area contributed by atoms with E-state index < -0.39 is 0 Å². The zero-order valence-electron chi connectivity index (χ0n) is 9.16. The zero-order valence-corrected chi connectivity index (χ0v) is 10.7. The van der Waals surface area contributed by atoms with Gasteiger partial charge >= 0.3 is 0 Å². The van der Waals surface area contributed by atoms with Gasteiger partial charge < -0.3 is 10.2 Å². The number of carbonyl (C=O) groups is 2. The van der Waals surface area contributed by atoms with Crippen molar-refractivity contribution in [1.82, 2.24) is 4.90 Å². The molecule has 86 valence electrons. The van der Waals surface area contributed by atoms with Crippen LogP contribution in [0.3, 0.4) is 0 Å². The SMILES string of the molecule is CC(=O)N(C)CC(=O)Nc1ccccc1Br. The Morgan fingerprint density at radius 2 is 2.00 bits per heavy atom. The largest absolute Gasteiger partial charge is 0.337 e. The lowest BCUT2D eigenvalue weighted by Gasteiger charge is -2.14. The molecule has 1 aromatic rings. The highest BCUT2D eigenvalue weighted by Crippen LogP contribution is 2.20. The molecule has 1 rings (SSSR count). The van der Waals surface area contributed by atoms with Crippen molar-refractivity contribution in [3.63, 3.8) is 0 Å². The monoisotopic (exact) mass is 284 g/mol. The minimum atomic E-state index is -0.218. The van der Waals surface area contributed by atoms with E-state index in [2.05, 4.69) is 21.2 Å². The standard InChI is InChI=1S/C11H13BrN2O2/c1-8(15)14(2)7-11(16)13-10-6-4-3-5-9(10)12/h3-6H,7H2,1-2H3,(H,13,16). The van der Waals surface area contributed by atoms with Gasteiger partial charge in [-0.2, -0.15) is 0 Å². The van der Waals surface area contributed by atoms with E-state index in [4.69, 9.17) is 0 Å². The maximum Gasteiger partial charge on any atom is 0.244 e. The molecule has 4 nitrogen and oxygen atoms in total. The summed E-state index contributed by atoms with van der Waals surface area (Å²) in [6, 6.07) is 7.32. The fourth-order valence-electron chi connectivity index (χ4n) is 1.08. The van der Waals surface area contributed by atoms with Crippen molar-refractivity contribution in [2.75, 3.05) is 18.9 Å². The molecule has 0 fully saturated rings. The molecule has 1 N–H and O–H groups in total. The maximum atomic E-state index is 11.6. The molecule has 0 unspecified atom stereocenters. The number of anilines is 1. The summed E-state index contributed by atoms with van der Waals surface area (Å²) in [6.45, 7) is 1.47. The number of hydrogen-bond acceptors (Lipinski definition) is 2. The number of likely N-dealkylation sites (N-methyl/N-ethyl adjacent to an activating group) is 1. The molecular formula is C11H13BrN2O2. The average Bonchev–Trinajstić information content (AvgIpc) is 2.21. The highest BCUT2D eigenvalue weighted by molar-refractivity contribution is 9.10. The van der Waals surface area contributed by atoms with Gasteiger partial charge in [-0.3, -0.25) is 9.59 Å². The first-order chi connectivity index (χ1) is 7.50. The van der Waals surface area contributed by atoms with E-state index in [-0.39, 0.29) is 18.4 Å². The molecule has 0 heterocycles. The van der Waals surface area contributed by atoms with Crippen molar-refractivity contribution in [3.05, 3.63) is 28.7 Å². The van der Waals surface area contributed by atoms with E-state index in [0.717, 1.165) is 4.47 Å². The summed E-state index contributed by atoms with van der Waals surface area (Å²) in [5, 5.41) is 2.72. The van der Waals surface area contributed by atoms with Crippen LogP contribution in [0.1, 0.15) is 6.92 Å². The number of hydrogen-bond donors (Lipinski definition) is 1. The Labute approximate surface area is 103 Å². The Balaban J connectivity index is 2.59. The molecule has 0 bridgehead atoms. The quantitative estimate of drug-likeness (QED) is 0.921. The minimum Gasteiger partial charge on any atom is -0.337 e. The molecule has 1 aromatic carbocycles. The van der Waals surface area contributed by atoms with Crippen molar-refractivity contribution in [3.8, 4) is 0 Å². The van der Waals surface area contributed by atoms with E-state index in [1.807, 2.05) is 18.2 Å². The summed E-state index contributed by atoms with van der Waals surface area (Å²) in [6.07, 6.45) is 0. The van der Waals surface area contributed by atoms with E-state index in [1.54, 1.807) is 13.1 Å². The predicted molar refractivity (Wildman–Crippen MR) is 66.1 cm³/mol. The van der Waals surface area contributed by atoms with Crippen LogP contribution in [0, 0.1) is 0 Å². The molecular weight excluding hydrogens is 272 g/mol. The zero-order chi connectivity index (χ0) is 12.1. The van der Waals surface area contributed by atoms with Crippen molar-refractivity contribution >= 4 is 33.4 Å². The third-order valence-electron chi connectivity index (χ3n) is 2.07. The van der Waals surface area contributed by atoms with Crippen molar-refractivity contribution in [2.45, 2.75) is 6.92 Å². The lowest BCUT2D eigenvalue weighted by molar-refractivity contribution is -0.131. The Kier molecular flexibility index (Phi) is 4.49. The van der Waals surface area contributed by atoms with Crippen LogP contribution in [0.2, 0.25) is 0 Å². The molecule has 0 aromatic heterocycles. The Morgan fingerprint density at radius 3 is 2.56 bits per heavy atom. The third kappa shape index (κ3) is 3.66. The number of carbonyl (C=O) groups excluding carboxylic acids is 2. The molecule has 0 spiro atoms. The second-order valence-corrected chi connectivity index (χ2v) is 4.26. The average molecular weight is 285 g/mol. The molecule has 5 heteroatoms. The number of para-hydroxylation sites is 1. The first-order valence-electron chi connectivity index (χ1n) is 4.77. The van der Waals surface area contributed by atoms with E-state index in [9.17, 15) is 9.59 Å². The number of nitrogens with zero attached hydrogens (tertiary/aromatic N) is 1. The summed E-state index contributed by atoms with van der Waals surface area (Å²) >= 11 is 3.32. The van der Waals surface area contributed by atoms with Gasteiger partial charge in [-0.1, -0.05) is 12.1 Å². The first-order valence-corrected chi connectivity index (χ1v) is 5.56. The highest BCUT2D eigenvalue weighted by atomic mass is 79.9. The van der Waals surface area contributed by atoms with Crippen molar-refractivity contribution < 1.29 is 9.59 Å². The summed E-state index contributed by atoms with van der Waals surface area (Å²) < 4.78 is 0.814. The number of nitrogens with one attached hydrogen (secondary N) is 1. The number of amides is 2. The highest BCUT2D eigenvalue weighted by Gasteiger charge is 2.09. The Bertz CT molecular complexity index is 407. The Morgan fingerprint density at radius 1 is 1.38 bits per heavy atom. The van der Waals surface area contributed by atoms with E-state index >= 15 is 0 Å². The summed E-state index contributed by atoms with van der Waals surface area (Å²) in [4.78, 5) is 23.8. The van der Waals surface area contributed by atoms with Gasteiger partial charge in [0.15, 0.2) is 0 Å². The minimum absolute atomic E-state index is 0.0522. The van der Waals surface area contributed by atoms with Gasteiger partial charge in [0.2, 0.25) is 11.8 Å². The van der Waals surface area contributed by atoms with Gasteiger partial charge in [0.1, 0.15) is 0 Å². The smallest absolute Gasteiger partial charge is 0.244 e. The van der Waals surface area contributed by atoms with Crippen LogP contribution in [-0.2, 0) is 9.59 Å². The molecule has 0 aliphatic carbocycles. The number of rotatable bonds is 3. The molecule has 16 heavy (non-hydrogen) atoms. The van der Waals surface area contributed by atoms with Crippen LogP contribution in [0.25, 0.3) is 0 Å². The van der Waals surface area contributed by atoms with Gasteiger partial charge in [0.25, 0.3) is 0 Å². The van der Waals surface area contributed by atoms with Gasteiger partial charge in [0, 0.05) is 18.4 Å². The fraction of sp³-hybridized carbons (Fsp3) is 0.273. The van der Waals surface area contributed by atoms with Crippen LogP contribution in [0.5, 0.6) is 0 Å². The van der Waals surface area contributed by atoms with Crippen molar-refractivity contribution in [1.29, 1.82) is 0 Å². The van der Waals surface area contributed by atoms with Crippen molar-refractivity contribution in [2.24, 2.45) is 0 Å². The first kappa shape index (κ1) is 12.7. The van der Waals surface area contributed by atoms with E-state index in [0.29, 0.717) is 5.69 Å². The van der Waals surface area contributed by atoms with Crippen LogP contribution in [0.15, 0.2) is 28.7 Å². The fourth-order valence-corrected chi connectivity index (χ4v) is 1.46. The number of benzene rings is 1. The third-order valence-corrected chi connectivity index (χ3v) is 2.76. The second-order valence-electron chi connectivity index (χ2n) is 3.40. The molecule has 2 amide bonds. The molecule has 0 aliphatic heterocycles. The molecule has 0 saturated carbocycles. The van der Waals surface area contributed by atoms with Gasteiger partial charge in [-0.05, 0) is 28.1 Å². The van der Waals surface area contributed by atoms with Crippen LogP contribution in [0.4, 0.5) is 5.69 Å². The molecule has 0 atom stereocenters. The van der Waals surface area contributed by atoms with Gasteiger partial charge in [-0.25, -0.2) is 0 Å². The Hall–Kier alpha value is -1.36. The maximum absolute atomic E-state index is 11.6. The van der Waals surface area contributed by atoms with Crippen LogP contribution in [-0.4, -0.2) is 30.3 Å².